The van der Waals surface area contributed by atoms with Gasteiger partial charge in [-0.05, 0) is 23.3 Å². The standard InChI is InChI=1S/C20H14N2O2S/c23-19(24)18-17(14-6-2-1-3-7-14)22-20(25-18)21-16-11-5-9-13-8-4-10-15(13)12-16/h1-12H,(H,21,22)(H,23,24). The van der Waals surface area contributed by atoms with Gasteiger partial charge in [0.25, 0.3) is 0 Å². The number of carboxylic acids is 1. The lowest BCUT2D eigenvalue weighted by molar-refractivity contribution is 0.0702. The van der Waals surface area contributed by atoms with Gasteiger partial charge in [0.15, 0.2) is 5.13 Å². The zero-order valence-corrected chi connectivity index (χ0v) is 14.0. The van der Waals surface area contributed by atoms with Crippen LogP contribution in [0.4, 0.5) is 10.8 Å². The van der Waals surface area contributed by atoms with E-state index in [1.54, 1.807) is 0 Å². The number of carboxylic acid groups (broad SMARTS) is 1. The van der Waals surface area contributed by atoms with Crippen LogP contribution in [0.5, 0.6) is 0 Å². The van der Waals surface area contributed by atoms with Gasteiger partial charge in [0.1, 0.15) is 4.88 Å². The number of carbonyl (C=O) groups is 1. The van der Waals surface area contributed by atoms with E-state index < -0.39 is 5.97 Å². The third kappa shape index (κ3) is 3.09. The summed E-state index contributed by atoms with van der Waals surface area (Å²) in [4.78, 5) is 16.3. The second-order valence-corrected chi connectivity index (χ2v) is 6.55. The number of anilines is 2. The van der Waals surface area contributed by atoms with E-state index in [1.165, 1.54) is 0 Å². The number of thiazole rings is 1. The lowest BCUT2D eigenvalue weighted by Crippen LogP contribution is -1.95. The number of aromatic nitrogens is 1. The van der Waals surface area contributed by atoms with E-state index in [-0.39, 0.29) is 4.88 Å². The van der Waals surface area contributed by atoms with Gasteiger partial charge in [-0.3, -0.25) is 0 Å². The van der Waals surface area contributed by atoms with Gasteiger partial charge < -0.3 is 10.4 Å². The number of nitrogens with one attached hydrogen (secondary N) is 1. The van der Waals surface area contributed by atoms with Gasteiger partial charge in [0.05, 0.1) is 5.69 Å². The van der Waals surface area contributed by atoms with Crippen molar-refractivity contribution in [1.29, 1.82) is 0 Å². The lowest BCUT2D eigenvalue weighted by Gasteiger charge is -2.00. The van der Waals surface area contributed by atoms with E-state index in [2.05, 4.69) is 16.4 Å². The molecule has 5 heteroatoms. The number of nitrogens with zero attached hydrogens (tertiary/aromatic N) is 1. The SMILES string of the molecule is O=C(O)c1sc(Nc2cccc3cccc-3c2)nc1-c1ccccc1. The monoisotopic (exact) mass is 346 g/mol. The summed E-state index contributed by atoms with van der Waals surface area (Å²) < 4.78 is 0. The summed E-state index contributed by atoms with van der Waals surface area (Å²) in [5, 5.41) is 13.3. The van der Waals surface area contributed by atoms with Crippen molar-refractivity contribution in [2.24, 2.45) is 0 Å². The number of rotatable bonds is 4. The molecule has 0 spiro atoms. The molecule has 122 valence electrons. The molecule has 0 amide bonds. The van der Waals surface area contributed by atoms with E-state index >= 15 is 0 Å². The highest BCUT2D eigenvalue weighted by Gasteiger charge is 2.18. The average molecular weight is 346 g/mol. The third-order valence-corrected chi connectivity index (χ3v) is 4.83. The maximum absolute atomic E-state index is 11.6. The minimum Gasteiger partial charge on any atom is -0.477 e. The van der Waals surface area contributed by atoms with Crippen molar-refractivity contribution >= 4 is 28.1 Å². The molecule has 1 aromatic heterocycles. The summed E-state index contributed by atoms with van der Waals surface area (Å²) in [6.07, 6.45) is 0. The van der Waals surface area contributed by atoms with E-state index in [9.17, 15) is 9.90 Å². The normalized spacial score (nSPS) is 10.7. The van der Waals surface area contributed by atoms with Crippen LogP contribution in [0.1, 0.15) is 9.67 Å². The fourth-order valence-corrected chi connectivity index (χ4v) is 3.56. The van der Waals surface area contributed by atoms with Crippen molar-refractivity contribution in [3.8, 4) is 22.4 Å². The fraction of sp³-hybridized carbons (Fsp3) is 0. The first-order valence-electron chi connectivity index (χ1n) is 7.76. The van der Waals surface area contributed by atoms with Crippen LogP contribution in [0.25, 0.3) is 22.4 Å². The van der Waals surface area contributed by atoms with Crippen LogP contribution < -0.4 is 5.32 Å². The molecule has 1 heterocycles. The molecule has 0 unspecified atom stereocenters. The van der Waals surface area contributed by atoms with Crippen molar-refractivity contribution in [2.75, 3.05) is 5.32 Å². The van der Waals surface area contributed by atoms with Crippen LogP contribution in [-0.2, 0) is 0 Å². The third-order valence-electron chi connectivity index (χ3n) is 3.87. The number of aromatic carboxylic acids is 1. The van der Waals surface area contributed by atoms with Gasteiger partial charge in [-0.1, -0.05) is 72.0 Å². The van der Waals surface area contributed by atoms with Crippen LogP contribution in [0.2, 0.25) is 0 Å². The number of benzene rings is 1. The molecule has 0 saturated heterocycles. The zero-order chi connectivity index (χ0) is 17.2. The maximum Gasteiger partial charge on any atom is 0.348 e. The molecule has 0 saturated carbocycles. The molecule has 0 bridgehead atoms. The molecule has 4 nitrogen and oxygen atoms in total. The number of hydrogen-bond donors (Lipinski definition) is 2. The molecular weight excluding hydrogens is 332 g/mol. The molecule has 4 rings (SSSR count). The van der Waals surface area contributed by atoms with E-state index in [0.717, 1.165) is 33.7 Å². The van der Waals surface area contributed by atoms with E-state index in [0.29, 0.717) is 10.8 Å². The molecule has 2 aliphatic rings. The summed E-state index contributed by atoms with van der Waals surface area (Å²) in [5.74, 6) is -0.971. The average Bonchev–Trinajstić information content (AvgIpc) is 3.19. The van der Waals surface area contributed by atoms with Crippen LogP contribution in [0, 0.1) is 0 Å². The Hall–Kier alpha value is -3.18. The molecule has 0 radical (unpaired) electrons. The van der Waals surface area contributed by atoms with Gasteiger partial charge in [0.2, 0.25) is 0 Å². The minimum atomic E-state index is -0.971. The lowest BCUT2D eigenvalue weighted by atomic mass is 10.1. The molecule has 0 atom stereocenters. The Balaban J connectivity index is 1.72. The Labute approximate surface area is 148 Å². The fourth-order valence-electron chi connectivity index (χ4n) is 2.71. The van der Waals surface area contributed by atoms with E-state index in [4.69, 9.17) is 0 Å². The Morgan fingerprint density at radius 3 is 2.32 bits per heavy atom. The van der Waals surface area contributed by atoms with Crippen LogP contribution in [0.3, 0.4) is 0 Å². The molecule has 0 fully saturated rings. The van der Waals surface area contributed by atoms with Crippen LogP contribution >= 0.6 is 11.3 Å². The van der Waals surface area contributed by atoms with Crippen molar-refractivity contribution in [2.45, 2.75) is 0 Å². The van der Waals surface area contributed by atoms with Crippen molar-refractivity contribution in [3.05, 3.63) is 77.7 Å². The molecule has 2 N–H and O–H groups in total. The highest BCUT2D eigenvalue weighted by Crippen LogP contribution is 2.33. The van der Waals surface area contributed by atoms with Crippen molar-refractivity contribution in [1.82, 2.24) is 4.98 Å². The molecule has 0 aliphatic heterocycles. The van der Waals surface area contributed by atoms with Crippen LogP contribution in [0.15, 0.2) is 72.8 Å². The Morgan fingerprint density at radius 1 is 0.880 bits per heavy atom. The molecule has 2 aromatic rings. The largest absolute Gasteiger partial charge is 0.477 e. The quantitative estimate of drug-likeness (QED) is 0.522. The first kappa shape index (κ1) is 15.4. The summed E-state index contributed by atoms with van der Waals surface area (Å²) >= 11 is 1.14. The summed E-state index contributed by atoms with van der Waals surface area (Å²) in [6.45, 7) is 0. The zero-order valence-electron chi connectivity index (χ0n) is 13.1. The van der Waals surface area contributed by atoms with Gasteiger partial charge in [-0.25, -0.2) is 9.78 Å². The predicted molar refractivity (Wildman–Crippen MR) is 101 cm³/mol. The van der Waals surface area contributed by atoms with Gasteiger partial charge in [0, 0.05) is 11.3 Å². The topological polar surface area (TPSA) is 62.2 Å². The highest BCUT2D eigenvalue weighted by atomic mass is 32.1. The summed E-state index contributed by atoms with van der Waals surface area (Å²) in [7, 11) is 0. The van der Waals surface area contributed by atoms with Gasteiger partial charge in [-0.15, -0.1) is 0 Å². The number of hydrogen-bond acceptors (Lipinski definition) is 4. The second kappa shape index (κ2) is 6.37. The van der Waals surface area contributed by atoms with Crippen molar-refractivity contribution < 1.29 is 9.90 Å². The number of fused-ring (bicyclic) bond motifs is 1. The van der Waals surface area contributed by atoms with E-state index in [1.807, 2.05) is 66.7 Å². The molecule has 25 heavy (non-hydrogen) atoms. The minimum absolute atomic E-state index is 0.229. The first-order chi connectivity index (χ1) is 12.2. The Kier molecular flexibility index (Phi) is 3.91. The molecule has 2 aliphatic carbocycles. The molecule has 1 aromatic carbocycles. The van der Waals surface area contributed by atoms with Crippen molar-refractivity contribution in [3.63, 3.8) is 0 Å². The predicted octanol–water partition coefficient (Wildman–Crippen LogP) is 5.36. The van der Waals surface area contributed by atoms with Gasteiger partial charge in [-0.2, -0.15) is 0 Å². The second-order valence-electron chi connectivity index (χ2n) is 5.55. The smallest absolute Gasteiger partial charge is 0.348 e. The Bertz CT molecular complexity index is 1010. The highest BCUT2D eigenvalue weighted by molar-refractivity contribution is 7.18. The maximum atomic E-state index is 11.6. The Morgan fingerprint density at radius 2 is 1.56 bits per heavy atom. The van der Waals surface area contributed by atoms with Crippen LogP contribution in [-0.4, -0.2) is 16.1 Å². The molecular formula is C20H14N2O2S. The van der Waals surface area contributed by atoms with Gasteiger partial charge >= 0.3 is 5.97 Å². The summed E-state index contributed by atoms with van der Waals surface area (Å²) in [5.41, 5.74) is 4.42. The summed E-state index contributed by atoms with van der Waals surface area (Å²) in [6, 6.07) is 23.5. The first-order valence-corrected chi connectivity index (χ1v) is 8.58.